The van der Waals surface area contributed by atoms with Gasteiger partial charge in [-0.15, -0.1) is 11.8 Å². The number of carboxylic acids is 1. The molecule has 9 heteroatoms. The number of benzene rings is 2. The minimum Gasteiger partial charge on any atom is -0.548 e. The summed E-state index contributed by atoms with van der Waals surface area (Å²) in [5.41, 5.74) is 0.418. The third-order valence-electron chi connectivity index (χ3n) is 5.55. The van der Waals surface area contributed by atoms with Crippen LogP contribution in [-0.4, -0.2) is 50.9 Å². The van der Waals surface area contributed by atoms with Crippen LogP contribution in [0.15, 0.2) is 60.7 Å². The number of β-lactam (4-membered cyclic amide) rings is 1. The van der Waals surface area contributed by atoms with Crippen LogP contribution in [0.1, 0.15) is 25.3 Å². The zero-order valence-electron chi connectivity index (χ0n) is 17.4. The van der Waals surface area contributed by atoms with Crippen LogP contribution in [0.4, 0.5) is 0 Å². The van der Waals surface area contributed by atoms with Gasteiger partial charge in [-0.2, -0.15) is 0 Å². The number of nitrogens with zero attached hydrogens (tertiary/aromatic N) is 1. The number of esters is 1. The molecule has 8 nitrogen and oxygen atoms in total. The molecule has 166 valence electrons. The van der Waals surface area contributed by atoms with Crippen LogP contribution in [-0.2, 0) is 19.2 Å². The topological polar surface area (TPSA) is 116 Å². The maximum absolute atomic E-state index is 13.2. The summed E-state index contributed by atoms with van der Waals surface area (Å²) < 4.78 is 4.62. The fourth-order valence-corrected chi connectivity index (χ4v) is 5.69. The third-order valence-corrected chi connectivity index (χ3v) is 7.13. The van der Waals surface area contributed by atoms with E-state index in [9.17, 15) is 24.3 Å². The molecule has 0 bridgehead atoms. The van der Waals surface area contributed by atoms with Gasteiger partial charge in [0, 0.05) is 4.75 Å². The maximum Gasteiger partial charge on any atom is 0.328 e. The molecule has 2 aliphatic rings. The van der Waals surface area contributed by atoms with Crippen molar-refractivity contribution in [3.63, 3.8) is 0 Å². The van der Waals surface area contributed by atoms with Crippen LogP contribution < -0.4 is 15.2 Å². The second-order valence-corrected chi connectivity index (χ2v) is 9.91. The number of hydrogen-bond donors (Lipinski definition) is 1. The number of carbonyl (C=O) groups excluding carboxylic acids is 4. The van der Waals surface area contributed by atoms with Crippen LogP contribution in [0, 0.1) is 0 Å². The van der Waals surface area contributed by atoms with Gasteiger partial charge in [-0.3, -0.25) is 14.4 Å². The molecule has 2 fully saturated rings. The van der Waals surface area contributed by atoms with E-state index in [2.05, 4.69) is 5.32 Å². The van der Waals surface area contributed by atoms with Crippen LogP contribution in [0.3, 0.4) is 0 Å². The molecule has 4 atom stereocenters. The molecule has 0 radical (unpaired) electrons. The Hall–Kier alpha value is -3.33. The average molecular weight is 453 g/mol. The summed E-state index contributed by atoms with van der Waals surface area (Å²) >= 11 is 1.28. The second kappa shape index (κ2) is 8.31. The molecule has 2 aromatic carbocycles. The lowest BCUT2D eigenvalue weighted by molar-refractivity contribution is -0.312. The van der Waals surface area contributed by atoms with E-state index in [0.29, 0.717) is 11.3 Å². The molecule has 4 unspecified atom stereocenters. The minimum atomic E-state index is -1.34. The fourth-order valence-electron chi connectivity index (χ4n) is 4.07. The molecular formula is C23H21N2O6S-. The Balaban J connectivity index is 1.54. The minimum absolute atomic E-state index is 0.294. The molecule has 32 heavy (non-hydrogen) atoms. The van der Waals surface area contributed by atoms with Gasteiger partial charge in [-0.1, -0.05) is 48.5 Å². The maximum atomic E-state index is 13.2. The van der Waals surface area contributed by atoms with Gasteiger partial charge < -0.3 is 24.9 Å². The van der Waals surface area contributed by atoms with Gasteiger partial charge in [0.05, 0.1) is 12.0 Å². The Morgan fingerprint density at radius 3 is 2.25 bits per heavy atom. The van der Waals surface area contributed by atoms with Crippen molar-refractivity contribution < 1.29 is 29.0 Å². The summed E-state index contributed by atoms with van der Waals surface area (Å²) in [5, 5.41) is 13.7. The number of carbonyl (C=O) groups is 4. The van der Waals surface area contributed by atoms with Gasteiger partial charge in [0.1, 0.15) is 17.2 Å². The molecule has 2 heterocycles. The fraction of sp³-hybridized carbons (Fsp3) is 0.304. The van der Waals surface area contributed by atoms with Gasteiger partial charge in [-0.25, -0.2) is 0 Å². The number of para-hydroxylation sites is 1. The molecular weight excluding hydrogens is 432 g/mol. The highest BCUT2D eigenvalue weighted by atomic mass is 32.2. The molecule has 0 aromatic heterocycles. The highest BCUT2D eigenvalue weighted by Gasteiger charge is 2.62. The van der Waals surface area contributed by atoms with Gasteiger partial charge >= 0.3 is 5.97 Å². The molecule has 0 spiro atoms. The van der Waals surface area contributed by atoms with E-state index < -0.39 is 51.9 Å². The highest BCUT2D eigenvalue weighted by molar-refractivity contribution is 8.01. The zero-order valence-corrected chi connectivity index (χ0v) is 18.2. The summed E-state index contributed by atoms with van der Waals surface area (Å²) in [6.07, 6.45) is 0. The lowest BCUT2D eigenvalue weighted by Gasteiger charge is -2.45. The quantitative estimate of drug-likeness (QED) is 0.296. The van der Waals surface area contributed by atoms with E-state index in [-0.39, 0.29) is 0 Å². The van der Waals surface area contributed by atoms with Gasteiger partial charge in [-0.05, 0) is 31.5 Å². The normalized spacial score (nSPS) is 24.1. The average Bonchev–Trinajstić information content (AvgIpc) is 3.01. The number of rotatable bonds is 6. The van der Waals surface area contributed by atoms with Crippen molar-refractivity contribution in [3.05, 3.63) is 66.2 Å². The van der Waals surface area contributed by atoms with Crippen molar-refractivity contribution in [2.24, 2.45) is 0 Å². The first-order valence-electron chi connectivity index (χ1n) is 10.0. The lowest BCUT2D eigenvalue weighted by Crippen LogP contribution is -2.72. The number of ether oxygens (including phenoxy) is 1. The van der Waals surface area contributed by atoms with Crippen molar-refractivity contribution in [1.29, 1.82) is 0 Å². The van der Waals surface area contributed by atoms with Crippen LogP contribution in [0.2, 0.25) is 0 Å². The standard InChI is InChI=1S/C23H22N2O6S/c1-23(2)17(21(28)29)25-19(27)16(20(25)32-23)24-18(26)15(13-9-5-3-6-10-13)22(30)31-14-11-7-4-8-12-14/h3-12,15-17,20H,1-2H3,(H,24,26)(H,28,29)/p-1. The van der Waals surface area contributed by atoms with Crippen molar-refractivity contribution in [1.82, 2.24) is 10.2 Å². The Bertz CT molecular complexity index is 1060. The number of aliphatic carboxylic acids is 1. The number of hydrogen-bond acceptors (Lipinski definition) is 7. The SMILES string of the molecule is CC1(C)SC2C(NC(=O)C(C(=O)Oc3ccccc3)c3ccccc3)C(=O)N2C1C(=O)[O-]. The first-order valence-corrected chi connectivity index (χ1v) is 10.9. The molecule has 2 saturated heterocycles. The lowest BCUT2D eigenvalue weighted by atomic mass is 9.94. The van der Waals surface area contributed by atoms with Gasteiger partial charge in [0.15, 0.2) is 5.92 Å². The Kier molecular flexibility index (Phi) is 5.68. The Morgan fingerprint density at radius 1 is 1.06 bits per heavy atom. The Morgan fingerprint density at radius 2 is 1.66 bits per heavy atom. The van der Waals surface area contributed by atoms with Crippen molar-refractivity contribution >= 4 is 35.5 Å². The van der Waals surface area contributed by atoms with Gasteiger partial charge in [0.25, 0.3) is 0 Å². The summed E-state index contributed by atoms with van der Waals surface area (Å²) in [6.45, 7) is 3.43. The molecule has 4 rings (SSSR count). The smallest absolute Gasteiger partial charge is 0.328 e. The predicted octanol–water partition coefficient (Wildman–Crippen LogP) is 0.673. The highest BCUT2D eigenvalue weighted by Crippen LogP contribution is 2.50. The summed E-state index contributed by atoms with van der Waals surface area (Å²) in [4.78, 5) is 51.6. The van der Waals surface area contributed by atoms with E-state index in [4.69, 9.17) is 4.74 Å². The van der Waals surface area contributed by atoms with Crippen molar-refractivity contribution in [2.75, 3.05) is 0 Å². The predicted molar refractivity (Wildman–Crippen MR) is 114 cm³/mol. The largest absolute Gasteiger partial charge is 0.548 e. The first-order chi connectivity index (χ1) is 15.2. The molecule has 2 aliphatic heterocycles. The number of amides is 2. The molecule has 2 amide bonds. The van der Waals surface area contributed by atoms with E-state index in [1.165, 1.54) is 16.7 Å². The third kappa shape index (κ3) is 3.84. The zero-order chi connectivity index (χ0) is 23.0. The monoisotopic (exact) mass is 453 g/mol. The number of fused-ring (bicyclic) bond motifs is 1. The number of nitrogens with one attached hydrogen (secondary N) is 1. The van der Waals surface area contributed by atoms with Crippen LogP contribution in [0.5, 0.6) is 5.75 Å². The molecule has 0 aliphatic carbocycles. The second-order valence-electron chi connectivity index (χ2n) is 8.14. The van der Waals surface area contributed by atoms with Crippen molar-refractivity contribution in [3.8, 4) is 5.75 Å². The first kappa shape index (κ1) is 21.9. The van der Waals surface area contributed by atoms with Crippen LogP contribution in [0.25, 0.3) is 0 Å². The molecule has 2 aromatic rings. The van der Waals surface area contributed by atoms with Crippen molar-refractivity contribution in [2.45, 2.75) is 42.0 Å². The van der Waals surface area contributed by atoms with E-state index >= 15 is 0 Å². The van der Waals surface area contributed by atoms with E-state index in [1.807, 2.05) is 0 Å². The molecule has 1 N–H and O–H groups in total. The molecule has 0 saturated carbocycles. The van der Waals surface area contributed by atoms with Gasteiger partial charge in [0.2, 0.25) is 11.8 Å². The summed E-state index contributed by atoms with van der Waals surface area (Å²) in [6, 6.07) is 14.8. The summed E-state index contributed by atoms with van der Waals surface area (Å²) in [7, 11) is 0. The number of carboxylic acid groups (broad SMARTS) is 1. The number of thioether (sulfide) groups is 1. The van der Waals surface area contributed by atoms with E-state index in [1.54, 1.807) is 74.5 Å². The van der Waals surface area contributed by atoms with E-state index in [0.717, 1.165) is 0 Å². The summed E-state index contributed by atoms with van der Waals surface area (Å²) in [5.74, 6) is -4.33. The Labute approximate surface area is 188 Å². The van der Waals surface area contributed by atoms with Crippen LogP contribution >= 0.6 is 11.8 Å².